The van der Waals surface area contributed by atoms with E-state index in [0.717, 1.165) is 43.5 Å². The summed E-state index contributed by atoms with van der Waals surface area (Å²) in [4.78, 5) is 0. The number of benzene rings is 1. The maximum atomic E-state index is 11.7. The van der Waals surface area contributed by atoms with Crippen molar-refractivity contribution in [1.29, 1.82) is 0 Å². The molecular weight excluding hydrogens is 274 g/mol. The summed E-state index contributed by atoms with van der Waals surface area (Å²) in [7, 11) is -1.28. The number of hydrogen-bond donors (Lipinski definition) is 1. The molecule has 0 saturated heterocycles. The second kappa shape index (κ2) is 6.59. The minimum absolute atomic E-state index is 0.0970. The predicted molar refractivity (Wildman–Crippen MR) is 81.0 cm³/mol. The monoisotopic (exact) mass is 297 g/mol. The standard InChI is InChI=1S/C15H23NO3S/c1-19-14-8-4-3-6-12(14)10-11-16-13-7-5-9-15(13)20(2,17)18/h3-4,6,8,13,15-16H,5,7,9-11H2,1-2H3. The maximum Gasteiger partial charge on any atom is 0.151 e. The minimum atomic E-state index is -2.95. The van der Waals surface area contributed by atoms with E-state index in [-0.39, 0.29) is 11.3 Å². The van der Waals surface area contributed by atoms with Crippen LogP contribution in [0.1, 0.15) is 24.8 Å². The number of para-hydroxylation sites is 1. The molecule has 0 spiro atoms. The summed E-state index contributed by atoms with van der Waals surface area (Å²) in [5.41, 5.74) is 1.15. The summed E-state index contributed by atoms with van der Waals surface area (Å²) in [5, 5.41) is 3.18. The zero-order valence-corrected chi connectivity index (χ0v) is 12.9. The number of nitrogens with one attached hydrogen (secondary N) is 1. The fourth-order valence-electron chi connectivity index (χ4n) is 2.97. The Hall–Kier alpha value is -1.07. The van der Waals surface area contributed by atoms with Gasteiger partial charge in [0.15, 0.2) is 9.84 Å². The molecule has 1 N–H and O–H groups in total. The fourth-order valence-corrected chi connectivity index (χ4v) is 4.40. The third-order valence-corrected chi connectivity index (χ3v) is 5.66. The molecule has 1 aliphatic carbocycles. The molecule has 0 aliphatic heterocycles. The second-order valence-corrected chi connectivity index (χ2v) is 7.69. The fraction of sp³-hybridized carbons (Fsp3) is 0.600. The lowest BCUT2D eigenvalue weighted by atomic mass is 10.1. The van der Waals surface area contributed by atoms with Crippen molar-refractivity contribution >= 4 is 9.84 Å². The lowest BCUT2D eigenvalue weighted by Gasteiger charge is -2.19. The molecule has 2 rings (SSSR count). The van der Waals surface area contributed by atoms with Gasteiger partial charge in [0.25, 0.3) is 0 Å². The molecule has 0 amide bonds. The van der Waals surface area contributed by atoms with E-state index in [1.165, 1.54) is 6.26 Å². The highest BCUT2D eigenvalue weighted by Crippen LogP contribution is 2.25. The molecule has 0 heterocycles. The molecule has 0 radical (unpaired) electrons. The SMILES string of the molecule is COc1ccccc1CCNC1CCCC1S(C)(=O)=O. The Balaban J connectivity index is 1.90. The van der Waals surface area contributed by atoms with Crippen LogP contribution in [0.4, 0.5) is 0 Å². The van der Waals surface area contributed by atoms with E-state index in [9.17, 15) is 8.42 Å². The smallest absolute Gasteiger partial charge is 0.151 e. The van der Waals surface area contributed by atoms with Crippen molar-refractivity contribution < 1.29 is 13.2 Å². The van der Waals surface area contributed by atoms with E-state index in [2.05, 4.69) is 5.32 Å². The highest BCUT2D eigenvalue weighted by Gasteiger charge is 2.34. The van der Waals surface area contributed by atoms with E-state index in [1.807, 2.05) is 24.3 Å². The largest absolute Gasteiger partial charge is 0.496 e. The molecule has 1 fully saturated rings. The predicted octanol–water partition coefficient (Wildman–Crippen LogP) is 1.79. The summed E-state index contributed by atoms with van der Waals surface area (Å²) in [6, 6.07) is 8.03. The van der Waals surface area contributed by atoms with Crippen LogP contribution in [-0.2, 0) is 16.3 Å². The normalized spacial score (nSPS) is 22.9. The first kappa shape index (κ1) is 15.3. The number of methoxy groups -OCH3 is 1. The van der Waals surface area contributed by atoms with E-state index >= 15 is 0 Å². The first-order valence-corrected chi connectivity index (χ1v) is 9.02. The molecular formula is C15H23NO3S. The van der Waals surface area contributed by atoms with Crippen LogP contribution in [0.2, 0.25) is 0 Å². The molecule has 0 aromatic heterocycles. The van der Waals surface area contributed by atoms with Gasteiger partial charge in [-0.15, -0.1) is 0 Å². The van der Waals surface area contributed by atoms with Crippen LogP contribution in [0.3, 0.4) is 0 Å². The van der Waals surface area contributed by atoms with Gasteiger partial charge in [-0.05, 0) is 37.4 Å². The molecule has 20 heavy (non-hydrogen) atoms. The molecule has 1 saturated carbocycles. The van der Waals surface area contributed by atoms with Gasteiger partial charge in [0.2, 0.25) is 0 Å². The van der Waals surface area contributed by atoms with Crippen LogP contribution >= 0.6 is 0 Å². The van der Waals surface area contributed by atoms with Gasteiger partial charge in [0.05, 0.1) is 12.4 Å². The van der Waals surface area contributed by atoms with Gasteiger partial charge in [-0.1, -0.05) is 24.6 Å². The molecule has 0 bridgehead atoms. The van der Waals surface area contributed by atoms with Crippen LogP contribution in [0.25, 0.3) is 0 Å². The van der Waals surface area contributed by atoms with Crippen molar-refractivity contribution in [3.05, 3.63) is 29.8 Å². The summed E-state index contributed by atoms with van der Waals surface area (Å²) in [6.07, 6.45) is 4.91. The van der Waals surface area contributed by atoms with Crippen molar-refractivity contribution in [2.24, 2.45) is 0 Å². The third-order valence-electron chi connectivity index (χ3n) is 4.00. The lowest BCUT2D eigenvalue weighted by Crippen LogP contribution is -2.40. The highest BCUT2D eigenvalue weighted by molar-refractivity contribution is 7.91. The number of hydrogen-bond acceptors (Lipinski definition) is 4. The van der Waals surface area contributed by atoms with Gasteiger partial charge in [0.1, 0.15) is 5.75 Å². The number of ether oxygens (including phenoxy) is 1. The Bertz CT molecular complexity index is 542. The first-order chi connectivity index (χ1) is 9.52. The summed E-state index contributed by atoms with van der Waals surface area (Å²) >= 11 is 0. The Morgan fingerprint density at radius 3 is 2.75 bits per heavy atom. The summed E-state index contributed by atoms with van der Waals surface area (Å²) in [6.45, 7) is 0.775. The topological polar surface area (TPSA) is 55.4 Å². The minimum Gasteiger partial charge on any atom is -0.496 e. The van der Waals surface area contributed by atoms with Crippen LogP contribution in [-0.4, -0.2) is 39.6 Å². The third kappa shape index (κ3) is 3.73. The Morgan fingerprint density at radius 2 is 2.05 bits per heavy atom. The van der Waals surface area contributed by atoms with E-state index in [4.69, 9.17) is 4.74 Å². The molecule has 5 heteroatoms. The van der Waals surface area contributed by atoms with Gasteiger partial charge in [0, 0.05) is 12.3 Å². The molecule has 1 aliphatic rings. The van der Waals surface area contributed by atoms with E-state index < -0.39 is 9.84 Å². The lowest BCUT2D eigenvalue weighted by molar-refractivity contribution is 0.408. The highest BCUT2D eigenvalue weighted by atomic mass is 32.2. The Morgan fingerprint density at radius 1 is 1.30 bits per heavy atom. The van der Waals surface area contributed by atoms with Crippen LogP contribution in [0, 0.1) is 0 Å². The first-order valence-electron chi connectivity index (χ1n) is 7.06. The van der Waals surface area contributed by atoms with Crippen LogP contribution in [0.5, 0.6) is 5.75 Å². The van der Waals surface area contributed by atoms with E-state index in [0.29, 0.717) is 0 Å². The van der Waals surface area contributed by atoms with Crippen molar-refractivity contribution in [2.75, 3.05) is 19.9 Å². The van der Waals surface area contributed by atoms with Crippen molar-refractivity contribution in [1.82, 2.24) is 5.32 Å². The van der Waals surface area contributed by atoms with Crippen molar-refractivity contribution in [2.45, 2.75) is 37.0 Å². The zero-order chi connectivity index (χ0) is 14.6. The van der Waals surface area contributed by atoms with Gasteiger partial charge in [-0.25, -0.2) is 8.42 Å². The second-order valence-electron chi connectivity index (χ2n) is 5.42. The van der Waals surface area contributed by atoms with Gasteiger partial charge < -0.3 is 10.1 Å². The van der Waals surface area contributed by atoms with Gasteiger partial charge >= 0.3 is 0 Å². The number of rotatable bonds is 6. The molecule has 1 aromatic rings. The summed E-state index contributed by atoms with van der Waals surface area (Å²) < 4.78 is 28.8. The molecule has 2 unspecified atom stereocenters. The Labute approximate surface area is 121 Å². The number of sulfone groups is 1. The van der Waals surface area contributed by atoms with Crippen LogP contribution < -0.4 is 10.1 Å². The average Bonchev–Trinajstić information content (AvgIpc) is 2.88. The summed E-state index contributed by atoms with van der Waals surface area (Å²) in [5.74, 6) is 0.889. The average molecular weight is 297 g/mol. The van der Waals surface area contributed by atoms with Crippen molar-refractivity contribution in [3.63, 3.8) is 0 Å². The van der Waals surface area contributed by atoms with E-state index in [1.54, 1.807) is 7.11 Å². The molecule has 1 aromatic carbocycles. The molecule has 2 atom stereocenters. The zero-order valence-electron chi connectivity index (χ0n) is 12.1. The Kier molecular flexibility index (Phi) is 5.05. The van der Waals surface area contributed by atoms with Gasteiger partial charge in [-0.2, -0.15) is 0 Å². The van der Waals surface area contributed by atoms with Gasteiger partial charge in [-0.3, -0.25) is 0 Å². The molecule has 4 nitrogen and oxygen atoms in total. The molecule has 112 valence electrons. The van der Waals surface area contributed by atoms with Crippen molar-refractivity contribution in [3.8, 4) is 5.75 Å². The van der Waals surface area contributed by atoms with Crippen LogP contribution in [0.15, 0.2) is 24.3 Å². The maximum absolute atomic E-state index is 11.7. The quantitative estimate of drug-likeness (QED) is 0.870.